The Morgan fingerprint density at radius 3 is 3.10 bits per heavy atom. The summed E-state index contributed by atoms with van der Waals surface area (Å²) >= 11 is 0. The third-order valence-electron chi connectivity index (χ3n) is 1.55. The quantitative estimate of drug-likeness (QED) is 0.579. The van der Waals surface area contributed by atoms with E-state index in [4.69, 9.17) is 10.5 Å². The van der Waals surface area contributed by atoms with Crippen LogP contribution in [0.2, 0.25) is 0 Å². The van der Waals surface area contributed by atoms with Gasteiger partial charge in [0.25, 0.3) is 0 Å². The summed E-state index contributed by atoms with van der Waals surface area (Å²) in [5.74, 6) is 0.588. The maximum Gasteiger partial charge on any atom is 0.129 e. The second-order valence-electron chi connectivity index (χ2n) is 2.30. The van der Waals surface area contributed by atoms with Gasteiger partial charge in [-0.1, -0.05) is 6.07 Å². The first-order valence-electron chi connectivity index (χ1n) is 3.20. The van der Waals surface area contributed by atoms with Gasteiger partial charge in [-0.3, -0.25) is 0 Å². The smallest absolute Gasteiger partial charge is 0.129 e. The van der Waals surface area contributed by atoms with E-state index in [2.05, 4.69) is 4.98 Å². The molecule has 3 nitrogen and oxygen atoms in total. The average molecular weight is 136 g/mol. The molecule has 1 aliphatic rings. The molecule has 0 bridgehead atoms. The van der Waals surface area contributed by atoms with Gasteiger partial charge in [0.1, 0.15) is 11.9 Å². The Kier molecular flexibility index (Phi) is 1.11. The molecule has 2 rings (SSSR count). The molecule has 0 amide bonds. The minimum Gasteiger partial charge on any atom is -0.383 e. The molecule has 1 fully saturated rings. The number of aromatic nitrogens is 1. The third kappa shape index (κ3) is 0.844. The molecular weight excluding hydrogens is 128 g/mol. The summed E-state index contributed by atoms with van der Waals surface area (Å²) < 4.78 is 5.06. The summed E-state index contributed by atoms with van der Waals surface area (Å²) in [5, 5.41) is 0. The lowest BCUT2D eigenvalue weighted by Crippen LogP contribution is -1.94. The predicted octanol–water partition coefficient (Wildman–Crippen LogP) is 0.735. The molecule has 0 unspecified atom stereocenters. The van der Waals surface area contributed by atoms with E-state index >= 15 is 0 Å². The molecule has 3 heteroatoms. The highest BCUT2D eigenvalue weighted by Crippen LogP contribution is 2.31. The van der Waals surface area contributed by atoms with Crippen molar-refractivity contribution in [2.75, 3.05) is 12.3 Å². The van der Waals surface area contributed by atoms with E-state index in [0.29, 0.717) is 5.82 Å². The van der Waals surface area contributed by atoms with Crippen molar-refractivity contribution in [1.82, 2.24) is 4.98 Å². The Morgan fingerprint density at radius 1 is 1.70 bits per heavy atom. The third-order valence-corrected chi connectivity index (χ3v) is 1.55. The number of nitrogens with two attached hydrogens (primary N) is 1. The lowest BCUT2D eigenvalue weighted by molar-refractivity contribution is 0.416. The fourth-order valence-electron chi connectivity index (χ4n) is 0.930. The molecule has 1 aromatic rings. The van der Waals surface area contributed by atoms with Crippen LogP contribution in [-0.2, 0) is 4.74 Å². The van der Waals surface area contributed by atoms with Gasteiger partial charge >= 0.3 is 0 Å². The second-order valence-corrected chi connectivity index (χ2v) is 2.30. The normalized spacial score (nSPS) is 22.6. The molecule has 1 saturated heterocycles. The van der Waals surface area contributed by atoms with E-state index in [1.54, 1.807) is 6.20 Å². The van der Waals surface area contributed by atoms with Crippen LogP contribution >= 0.6 is 0 Å². The highest BCUT2D eigenvalue weighted by atomic mass is 16.6. The molecular formula is C7H8N2O. The topological polar surface area (TPSA) is 51.4 Å². The number of epoxide rings is 1. The average Bonchev–Trinajstić information content (AvgIpc) is 2.71. The number of rotatable bonds is 1. The Bertz CT molecular complexity index is 245. The molecule has 1 aromatic heterocycles. The zero-order valence-electron chi connectivity index (χ0n) is 5.45. The Hall–Kier alpha value is -1.09. The fraction of sp³-hybridized carbons (Fsp3) is 0.286. The SMILES string of the molecule is Nc1ncccc1[C@@H]1CO1. The van der Waals surface area contributed by atoms with Gasteiger partial charge in [-0.05, 0) is 6.07 Å². The van der Waals surface area contributed by atoms with E-state index < -0.39 is 0 Å². The lowest BCUT2D eigenvalue weighted by Gasteiger charge is -1.97. The van der Waals surface area contributed by atoms with Crippen LogP contribution in [-0.4, -0.2) is 11.6 Å². The van der Waals surface area contributed by atoms with Crippen molar-refractivity contribution in [3.63, 3.8) is 0 Å². The van der Waals surface area contributed by atoms with Gasteiger partial charge in [-0.25, -0.2) is 4.98 Å². The standard InChI is InChI=1S/C7H8N2O/c8-7-5(6-4-10-6)2-1-3-9-7/h1-3,6H,4H2,(H2,8,9)/t6-/m0/s1. The van der Waals surface area contributed by atoms with Crippen LogP contribution < -0.4 is 5.73 Å². The van der Waals surface area contributed by atoms with Crippen molar-refractivity contribution < 1.29 is 4.74 Å². The van der Waals surface area contributed by atoms with Crippen LogP contribution in [0.15, 0.2) is 18.3 Å². The minimum atomic E-state index is 0.216. The summed E-state index contributed by atoms with van der Waals surface area (Å²) in [6.07, 6.45) is 1.90. The van der Waals surface area contributed by atoms with Gasteiger partial charge < -0.3 is 10.5 Å². The Morgan fingerprint density at radius 2 is 2.50 bits per heavy atom. The zero-order valence-corrected chi connectivity index (χ0v) is 5.45. The number of hydrogen-bond acceptors (Lipinski definition) is 3. The predicted molar refractivity (Wildman–Crippen MR) is 37.3 cm³/mol. The summed E-state index contributed by atoms with van der Waals surface area (Å²) in [5.41, 5.74) is 6.59. The highest BCUT2D eigenvalue weighted by molar-refractivity contribution is 5.41. The molecule has 1 aliphatic heterocycles. The van der Waals surface area contributed by atoms with Gasteiger partial charge in [0.15, 0.2) is 0 Å². The molecule has 0 spiro atoms. The molecule has 0 aliphatic carbocycles. The first kappa shape index (κ1) is 5.68. The fourth-order valence-corrected chi connectivity index (χ4v) is 0.930. The van der Waals surface area contributed by atoms with E-state index in [9.17, 15) is 0 Å². The van der Waals surface area contributed by atoms with E-state index in [1.165, 1.54) is 0 Å². The summed E-state index contributed by atoms with van der Waals surface area (Å²) in [6.45, 7) is 0.788. The van der Waals surface area contributed by atoms with E-state index in [0.717, 1.165) is 12.2 Å². The van der Waals surface area contributed by atoms with Crippen molar-refractivity contribution in [1.29, 1.82) is 0 Å². The van der Waals surface area contributed by atoms with E-state index in [1.807, 2.05) is 12.1 Å². The molecule has 10 heavy (non-hydrogen) atoms. The van der Waals surface area contributed by atoms with Crippen molar-refractivity contribution in [3.8, 4) is 0 Å². The molecule has 1 atom stereocenters. The Labute approximate surface area is 58.8 Å². The number of ether oxygens (including phenoxy) is 1. The van der Waals surface area contributed by atoms with Gasteiger partial charge in [0, 0.05) is 11.8 Å². The van der Waals surface area contributed by atoms with Gasteiger partial charge in [0.2, 0.25) is 0 Å². The van der Waals surface area contributed by atoms with Crippen molar-refractivity contribution in [3.05, 3.63) is 23.9 Å². The van der Waals surface area contributed by atoms with E-state index in [-0.39, 0.29) is 6.10 Å². The minimum absolute atomic E-state index is 0.216. The molecule has 0 saturated carbocycles. The van der Waals surface area contributed by atoms with Crippen LogP contribution in [0.1, 0.15) is 11.7 Å². The number of nitrogens with zero attached hydrogens (tertiary/aromatic N) is 1. The van der Waals surface area contributed by atoms with Gasteiger partial charge in [-0.15, -0.1) is 0 Å². The first-order chi connectivity index (χ1) is 4.88. The summed E-state index contributed by atoms with van der Waals surface area (Å²) in [4.78, 5) is 3.94. The molecule has 2 heterocycles. The number of anilines is 1. The molecule has 52 valence electrons. The largest absolute Gasteiger partial charge is 0.383 e. The van der Waals surface area contributed by atoms with Crippen molar-refractivity contribution in [2.45, 2.75) is 6.10 Å². The number of pyridine rings is 1. The molecule has 0 radical (unpaired) electrons. The maximum atomic E-state index is 5.57. The molecule has 0 aromatic carbocycles. The highest BCUT2D eigenvalue weighted by Gasteiger charge is 2.26. The number of nitrogen functional groups attached to an aromatic ring is 1. The summed E-state index contributed by atoms with van der Waals surface area (Å²) in [7, 11) is 0. The maximum absolute atomic E-state index is 5.57. The number of hydrogen-bond donors (Lipinski definition) is 1. The monoisotopic (exact) mass is 136 g/mol. The second kappa shape index (κ2) is 1.95. The molecule has 2 N–H and O–H groups in total. The van der Waals surface area contributed by atoms with Crippen LogP contribution in [0.5, 0.6) is 0 Å². The van der Waals surface area contributed by atoms with Crippen molar-refractivity contribution in [2.24, 2.45) is 0 Å². The van der Waals surface area contributed by atoms with Gasteiger partial charge in [-0.2, -0.15) is 0 Å². The summed E-state index contributed by atoms with van der Waals surface area (Å²) in [6, 6.07) is 3.81. The van der Waals surface area contributed by atoms with Crippen LogP contribution in [0, 0.1) is 0 Å². The zero-order chi connectivity index (χ0) is 6.97. The Balaban J connectivity index is 2.39. The van der Waals surface area contributed by atoms with Gasteiger partial charge in [0.05, 0.1) is 6.61 Å². The lowest BCUT2D eigenvalue weighted by atomic mass is 10.2. The van der Waals surface area contributed by atoms with Crippen LogP contribution in [0.3, 0.4) is 0 Å². The van der Waals surface area contributed by atoms with Crippen LogP contribution in [0.4, 0.5) is 5.82 Å². The first-order valence-corrected chi connectivity index (χ1v) is 3.20. The van der Waals surface area contributed by atoms with Crippen LogP contribution in [0.25, 0.3) is 0 Å². The van der Waals surface area contributed by atoms with Crippen molar-refractivity contribution >= 4 is 5.82 Å².